The van der Waals surface area contributed by atoms with Gasteiger partial charge in [0.1, 0.15) is 11.6 Å². The number of carbonyl (C=O) groups is 1. The van der Waals surface area contributed by atoms with Crippen molar-refractivity contribution in [3.05, 3.63) is 34.9 Å². The summed E-state index contributed by atoms with van der Waals surface area (Å²) in [4.78, 5) is 11.7. The second-order valence-electron chi connectivity index (χ2n) is 4.74. The van der Waals surface area contributed by atoms with Gasteiger partial charge in [-0.25, -0.2) is 21.9 Å². The molecule has 1 N–H and O–H groups in total. The lowest BCUT2D eigenvalue weighted by Gasteiger charge is -2.08. The average molecular weight is 289 g/mol. The fourth-order valence-electron chi connectivity index (χ4n) is 1.66. The molecule has 104 valence electrons. The Balaban J connectivity index is 2.17. The van der Waals surface area contributed by atoms with Crippen LogP contribution in [0.3, 0.4) is 0 Å². The van der Waals surface area contributed by atoms with E-state index in [-0.39, 0.29) is 17.2 Å². The van der Waals surface area contributed by atoms with Crippen molar-refractivity contribution in [1.82, 2.24) is 4.72 Å². The van der Waals surface area contributed by atoms with Gasteiger partial charge in [-0.15, -0.1) is 0 Å². The maximum atomic E-state index is 13.4. The second-order valence-corrected chi connectivity index (χ2v) is 6.50. The molecular formula is C12H13F2NO3S. The van der Waals surface area contributed by atoms with Gasteiger partial charge in [0, 0.05) is 6.07 Å². The Labute approximate surface area is 109 Å². The normalized spacial score (nSPS) is 15.3. The van der Waals surface area contributed by atoms with Crippen molar-refractivity contribution in [2.45, 2.75) is 19.8 Å². The van der Waals surface area contributed by atoms with Gasteiger partial charge in [0.2, 0.25) is 10.0 Å². The monoisotopic (exact) mass is 289 g/mol. The standard InChI is InChI=1S/C12H13F2NO3S/c1-7-4-9(11(14)5-10(7)13)12(16)15-19(17,18)6-8-2-3-8/h4-5,8H,2-3,6H2,1H3,(H,15,16). The SMILES string of the molecule is Cc1cc(C(=O)NS(=O)(=O)CC2CC2)c(F)cc1F. The molecule has 7 heteroatoms. The Bertz CT molecular complexity index is 624. The Morgan fingerprint density at radius 3 is 2.53 bits per heavy atom. The van der Waals surface area contributed by atoms with Gasteiger partial charge in [0.15, 0.2) is 0 Å². The van der Waals surface area contributed by atoms with Crippen molar-refractivity contribution < 1.29 is 22.0 Å². The molecule has 4 nitrogen and oxygen atoms in total. The van der Waals surface area contributed by atoms with Crippen molar-refractivity contribution in [3.63, 3.8) is 0 Å². The van der Waals surface area contributed by atoms with Gasteiger partial charge in [0.05, 0.1) is 11.3 Å². The number of hydrogen-bond acceptors (Lipinski definition) is 3. The summed E-state index contributed by atoms with van der Waals surface area (Å²) < 4.78 is 51.5. The van der Waals surface area contributed by atoms with Gasteiger partial charge in [-0.05, 0) is 37.3 Å². The molecule has 0 aromatic heterocycles. The summed E-state index contributed by atoms with van der Waals surface area (Å²) in [7, 11) is -3.77. The van der Waals surface area contributed by atoms with E-state index in [1.165, 1.54) is 6.92 Å². The van der Waals surface area contributed by atoms with Crippen molar-refractivity contribution in [2.24, 2.45) is 5.92 Å². The molecule has 1 aliphatic rings. The summed E-state index contributed by atoms with van der Waals surface area (Å²) >= 11 is 0. The van der Waals surface area contributed by atoms with E-state index >= 15 is 0 Å². The summed E-state index contributed by atoms with van der Waals surface area (Å²) in [6.07, 6.45) is 1.64. The zero-order chi connectivity index (χ0) is 14.2. The van der Waals surface area contributed by atoms with Gasteiger partial charge in [-0.1, -0.05) is 0 Å². The van der Waals surface area contributed by atoms with Gasteiger partial charge < -0.3 is 0 Å². The number of aryl methyl sites for hydroxylation is 1. The van der Waals surface area contributed by atoms with Crippen LogP contribution < -0.4 is 4.72 Å². The van der Waals surface area contributed by atoms with Crippen LogP contribution in [0.15, 0.2) is 12.1 Å². The molecule has 1 saturated carbocycles. The van der Waals surface area contributed by atoms with Gasteiger partial charge in [0.25, 0.3) is 5.91 Å². The summed E-state index contributed by atoms with van der Waals surface area (Å²) in [5.41, 5.74) is -0.399. The molecule has 1 fully saturated rings. The molecule has 19 heavy (non-hydrogen) atoms. The highest BCUT2D eigenvalue weighted by Gasteiger charge is 2.29. The molecule has 0 atom stereocenters. The van der Waals surface area contributed by atoms with E-state index in [4.69, 9.17) is 0 Å². The zero-order valence-electron chi connectivity index (χ0n) is 10.2. The minimum Gasteiger partial charge on any atom is -0.268 e. The third-order valence-electron chi connectivity index (χ3n) is 2.89. The second kappa shape index (κ2) is 4.88. The first-order valence-corrected chi connectivity index (χ1v) is 7.44. The molecule has 1 aliphatic carbocycles. The first kappa shape index (κ1) is 13.9. The maximum absolute atomic E-state index is 13.4. The number of rotatable bonds is 4. The molecule has 2 rings (SSSR count). The number of benzene rings is 1. The lowest BCUT2D eigenvalue weighted by atomic mass is 10.1. The van der Waals surface area contributed by atoms with E-state index in [0.29, 0.717) is 6.07 Å². The number of sulfonamides is 1. The van der Waals surface area contributed by atoms with Crippen LogP contribution in [0, 0.1) is 24.5 Å². The fourth-order valence-corrected chi connectivity index (χ4v) is 3.09. The van der Waals surface area contributed by atoms with Crippen LogP contribution in [0.1, 0.15) is 28.8 Å². The first-order valence-electron chi connectivity index (χ1n) is 5.79. The van der Waals surface area contributed by atoms with Crippen LogP contribution in [-0.2, 0) is 10.0 Å². The molecule has 1 aromatic carbocycles. The van der Waals surface area contributed by atoms with Crippen LogP contribution in [0.5, 0.6) is 0 Å². The number of carbonyl (C=O) groups excluding carboxylic acids is 1. The summed E-state index contributed by atoms with van der Waals surface area (Å²) in [6.45, 7) is 1.37. The highest BCUT2D eigenvalue weighted by molar-refractivity contribution is 7.90. The molecule has 1 aromatic rings. The Hall–Kier alpha value is -1.50. The van der Waals surface area contributed by atoms with Crippen molar-refractivity contribution >= 4 is 15.9 Å². The lowest BCUT2D eigenvalue weighted by molar-refractivity contribution is 0.0977. The topological polar surface area (TPSA) is 63.2 Å². The van der Waals surface area contributed by atoms with Crippen molar-refractivity contribution in [3.8, 4) is 0 Å². The summed E-state index contributed by atoms with van der Waals surface area (Å²) in [5, 5.41) is 0. The lowest BCUT2D eigenvalue weighted by Crippen LogP contribution is -2.33. The van der Waals surface area contributed by atoms with E-state index in [9.17, 15) is 22.0 Å². The van der Waals surface area contributed by atoms with E-state index in [1.54, 1.807) is 4.72 Å². The summed E-state index contributed by atoms with van der Waals surface area (Å²) in [5.74, 6) is -3.00. The van der Waals surface area contributed by atoms with Crippen LogP contribution in [0.4, 0.5) is 8.78 Å². The van der Waals surface area contributed by atoms with E-state index in [2.05, 4.69) is 0 Å². The number of amides is 1. The Morgan fingerprint density at radius 1 is 1.32 bits per heavy atom. The predicted molar refractivity (Wildman–Crippen MR) is 65.1 cm³/mol. The molecule has 0 radical (unpaired) electrons. The maximum Gasteiger partial charge on any atom is 0.267 e. The van der Waals surface area contributed by atoms with Crippen molar-refractivity contribution in [2.75, 3.05) is 5.75 Å². The molecule has 0 saturated heterocycles. The average Bonchev–Trinajstić information content (AvgIpc) is 3.05. The number of nitrogens with one attached hydrogen (secondary N) is 1. The Kier molecular flexibility index (Phi) is 3.58. The zero-order valence-corrected chi connectivity index (χ0v) is 11.1. The van der Waals surface area contributed by atoms with Crippen LogP contribution in [0.25, 0.3) is 0 Å². The minimum atomic E-state index is -3.77. The smallest absolute Gasteiger partial charge is 0.267 e. The predicted octanol–water partition coefficient (Wildman–Crippen LogP) is 1.74. The number of hydrogen-bond donors (Lipinski definition) is 1. The van der Waals surface area contributed by atoms with Crippen LogP contribution >= 0.6 is 0 Å². The van der Waals surface area contributed by atoms with Crippen LogP contribution in [0.2, 0.25) is 0 Å². The third-order valence-corrected chi connectivity index (χ3v) is 4.30. The molecule has 0 spiro atoms. The molecule has 1 amide bonds. The first-order chi connectivity index (χ1) is 8.78. The van der Waals surface area contributed by atoms with E-state index < -0.39 is 33.1 Å². The highest BCUT2D eigenvalue weighted by atomic mass is 32.2. The highest BCUT2D eigenvalue weighted by Crippen LogP contribution is 2.30. The minimum absolute atomic E-state index is 0.0742. The molecule has 0 unspecified atom stereocenters. The van der Waals surface area contributed by atoms with E-state index in [1.807, 2.05) is 0 Å². The molecule has 0 aliphatic heterocycles. The third kappa shape index (κ3) is 3.50. The van der Waals surface area contributed by atoms with Crippen molar-refractivity contribution in [1.29, 1.82) is 0 Å². The fraction of sp³-hybridized carbons (Fsp3) is 0.417. The van der Waals surface area contributed by atoms with E-state index in [0.717, 1.165) is 18.9 Å². The Morgan fingerprint density at radius 2 is 1.95 bits per heavy atom. The van der Waals surface area contributed by atoms with Gasteiger partial charge in [-0.3, -0.25) is 4.79 Å². The molecular weight excluding hydrogens is 276 g/mol. The largest absolute Gasteiger partial charge is 0.268 e. The van der Waals surface area contributed by atoms with Gasteiger partial charge >= 0.3 is 0 Å². The molecule has 0 heterocycles. The van der Waals surface area contributed by atoms with Gasteiger partial charge in [-0.2, -0.15) is 0 Å². The quantitative estimate of drug-likeness (QED) is 0.918. The summed E-state index contributed by atoms with van der Waals surface area (Å²) in [6, 6.07) is 1.56. The number of halogens is 2. The molecule has 0 bridgehead atoms. The van der Waals surface area contributed by atoms with Crippen LogP contribution in [-0.4, -0.2) is 20.1 Å².